The Balaban J connectivity index is 1.97. The predicted octanol–water partition coefficient (Wildman–Crippen LogP) is 0.979. The molecule has 1 unspecified atom stereocenters. The molecular weight excluding hydrogens is 192 g/mol. The summed E-state index contributed by atoms with van der Waals surface area (Å²) < 4.78 is 0. The fourth-order valence-electron chi connectivity index (χ4n) is 2.11. The number of rotatable bonds is 1. The lowest BCUT2D eigenvalue weighted by molar-refractivity contribution is -0.119. The van der Waals surface area contributed by atoms with Gasteiger partial charge in [0.1, 0.15) is 6.33 Å². The van der Waals surface area contributed by atoms with E-state index in [4.69, 9.17) is 0 Å². The number of carbonyl (C=O) groups excluding carboxylic acids is 1. The molecule has 0 aromatic carbocycles. The fraction of sp³-hybridized carbons (Fsp3) is 0.400. The minimum atomic E-state index is 0.0139. The van der Waals surface area contributed by atoms with Crippen molar-refractivity contribution in [3.05, 3.63) is 18.6 Å². The minimum Gasteiger partial charge on any atom is -0.272 e. The average molecular weight is 202 g/mol. The maximum absolute atomic E-state index is 11.9. The van der Waals surface area contributed by atoms with Crippen molar-refractivity contribution in [2.45, 2.75) is 19.3 Å². The van der Waals surface area contributed by atoms with Gasteiger partial charge in [-0.15, -0.1) is 0 Å². The fourth-order valence-corrected chi connectivity index (χ4v) is 2.11. The highest BCUT2D eigenvalue weighted by molar-refractivity contribution is 6.16. The van der Waals surface area contributed by atoms with Crippen LogP contribution in [0.4, 0.5) is 5.82 Å². The van der Waals surface area contributed by atoms with Gasteiger partial charge in [0.05, 0.1) is 11.6 Å². The summed E-state index contributed by atoms with van der Waals surface area (Å²) in [5.74, 6) is 0.637. The molecule has 2 aliphatic rings. The summed E-state index contributed by atoms with van der Waals surface area (Å²) in [7, 11) is 0. The lowest BCUT2D eigenvalue weighted by atomic mass is 10.1. The second-order valence-corrected chi connectivity index (χ2v) is 3.75. The third kappa shape index (κ3) is 1.23. The number of aromatic nitrogens is 2. The standard InChI is InChI=1S/C10H10N4O/c15-10-7-2-1-3-8(7)13-14(10)9-4-5-11-6-12-9/h4-7H,1-3H2. The van der Waals surface area contributed by atoms with E-state index in [0.717, 1.165) is 25.0 Å². The molecule has 15 heavy (non-hydrogen) atoms. The molecule has 2 heterocycles. The SMILES string of the molecule is O=C1C2CCCC2=NN1c1ccncn1. The van der Waals surface area contributed by atoms with E-state index in [9.17, 15) is 4.79 Å². The predicted molar refractivity (Wildman–Crippen MR) is 54.3 cm³/mol. The quantitative estimate of drug-likeness (QED) is 0.682. The summed E-state index contributed by atoms with van der Waals surface area (Å²) in [5, 5.41) is 5.72. The first kappa shape index (κ1) is 8.52. The largest absolute Gasteiger partial charge is 0.272 e. The Morgan fingerprint density at radius 1 is 1.47 bits per heavy atom. The van der Waals surface area contributed by atoms with Gasteiger partial charge in [0.25, 0.3) is 5.91 Å². The molecule has 1 aliphatic heterocycles. The molecule has 5 nitrogen and oxygen atoms in total. The van der Waals surface area contributed by atoms with Gasteiger partial charge in [-0.2, -0.15) is 10.1 Å². The smallest absolute Gasteiger partial charge is 0.257 e. The summed E-state index contributed by atoms with van der Waals surface area (Å²) in [6, 6.07) is 1.70. The monoisotopic (exact) mass is 202 g/mol. The minimum absolute atomic E-state index is 0.0139. The topological polar surface area (TPSA) is 58.5 Å². The third-order valence-electron chi connectivity index (χ3n) is 2.85. The summed E-state index contributed by atoms with van der Waals surface area (Å²) in [6.07, 6.45) is 5.99. The molecule has 3 rings (SSSR count). The number of anilines is 1. The van der Waals surface area contributed by atoms with Crippen molar-refractivity contribution < 1.29 is 4.79 Å². The number of hydrazone groups is 1. The van der Waals surface area contributed by atoms with Crippen molar-refractivity contribution in [3.63, 3.8) is 0 Å². The molecule has 1 atom stereocenters. The maximum atomic E-state index is 11.9. The number of hydrogen-bond acceptors (Lipinski definition) is 4. The molecule has 1 aromatic rings. The molecule has 1 aromatic heterocycles. The first-order valence-corrected chi connectivity index (χ1v) is 5.03. The number of nitrogens with zero attached hydrogens (tertiary/aromatic N) is 4. The van der Waals surface area contributed by atoms with E-state index in [2.05, 4.69) is 15.1 Å². The van der Waals surface area contributed by atoms with E-state index >= 15 is 0 Å². The van der Waals surface area contributed by atoms with Crippen molar-refractivity contribution in [2.24, 2.45) is 11.0 Å². The van der Waals surface area contributed by atoms with Gasteiger partial charge in [-0.3, -0.25) is 4.79 Å². The molecule has 0 bridgehead atoms. The van der Waals surface area contributed by atoms with Crippen molar-refractivity contribution >= 4 is 17.4 Å². The Kier molecular flexibility index (Phi) is 1.77. The summed E-state index contributed by atoms with van der Waals surface area (Å²) in [5.41, 5.74) is 1.01. The van der Waals surface area contributed by atoms with Crippen molar-refractivity contribution in [3.8, 4) is 0 Å². The molecule has 5 heteroatoms. The summed E-state index contributed by atoms with van der Waals surface area (Å²) in [4.78, 5) is 19.8. The lowest BCUT2D eigenvalue weighted by Gasteiger charge is -2.11. The van der Waals surface area contributed by atoms with Crippen LogP contribution in [0.15, 0.2) is 23.7 Å². The van der Waals surface area contributed by atoms with Gasteiger partial charge >= 0.3 is 0 Å². The third-order valence-corrected chi connectivity index (χ3v) is 2.85. The molecule has 1 amide bonds. The Morgan fingerprint density at radius 2 is 2.40 bits per heavy atom. The molecular formula is C10H10N4O. The average Bonchev–Trinajstić information content (AvgIpc) is 2.83. The van der Waals surface area contributed by atoms with E-state index in [-0.39, 0.29) is 11.8 Å². The number of carbonyl (C=O) groups is 1. The molecule has 0 radical (unpaired) electrons. The Morgan fingerprint density at radius 3 is 3.13 bits per heavy atom. The van der Waals surface area contributed by atoms with Gasteiger partial charge < -0.3 is 0 Å². The zero-order valence-corrected chi connectivity index (χ0v) is 8.13. The first-order valence-electron chi connectivity index (χ1n) is 5.03. The van der Waals surface area contributed by atoms with Gasteiger partial charge in [0.15, 0.2) is 5.82 Å². The van der Waals surface area contributed by atoms with Crippen LogP contribution in [-0.2, 0) is 4.79 Å². The maximum Gasteiger partial charge on any atom is 0.257 e. The Hall–Kier alpha value is -1.78. The van der Waals surface area contributed by atoms with Crippen LogP contribution in [-0.4, -0.2) is 21.6 Å². The zero-order valence-electron chi connectivity index (χ0n) is 8.13. The van der Waals surface area contributed by atoms with Crippen LogP contribution < -0.4 is 5.01 Å². The summed E-state index contributed by atoms with van der Waals surface area (Å²) >= 11 is 0. The van der Waals surface area contributed by atoms with Gasteiger partial charge in [-0.05, 0) is 19.3 Å². The van der Waals surface area contributed by atoms with Gasteiger partial charge in [-0.25, -0.2) is 9.97 Å². The van der Waals surface area contributed by atoms with Crippen LogP contribution in [0.2, 0.25) is 0 Å². The Labute approximate surface area is 86.8 Å². The number of amides is 1. The van der Waals surface area contributed by atoms with Gasteiger partial charge in [-0.1, -0.05) is 0 Å². The van der Waals surface area contributed by atoms with Crippen LogP contribution in [0.1, 0.15) is 19.3 Å². The molecule has 76 valence electrons. The van der Waals surface area contributed by atoms with Crippen LogP contribution >= 0.6 is 0 Å². The van der Waals surface area contributed by atoms with Crippen molar-refractivity contribution in [2.75, 3.05) is 5.01 Å². The van der Waals surface area contributed by atoms with Crippen LogP contribution in [0.3, 0.4) is 0 Å². The number of hydrogen-bond donors (Lipinski definition) is 0. The normalized spacial score (nSPS) is 24.3. The molecule has 0 spiro atoms. The first-order chi connectivity index (χ1) is 7.36. The van der Waals surface area contributed by atoms with Crippen molar-refractivity contribution in [1.29, 1.82) is 0 Å². The van der Waals surface area contributed by atoms with E-state index in [0.29, 0.717) is 5.82 Å². The van der Waals surface area contributed by atoms with Crippen molar-refractivity contribution in [1.82, 2.24) is 9.97 Å². The molecule has 0 saturated heterocycles. The van der Waals surface area contributed by atoms with E-state index in [1.807, 2.05) is 0 Å². The molecule has 1 fully saturated rings. The Bertz CT molecular complexity index is 428. The van der Waals surface area contributed by atoms with Gasteiger partial charge in [0, 0.05) is 12.3 Å². The second kappa shape index (κ2) is 3.12. The molecule has 0 N–H and O–H groups in total. The highest BCUT2D eigenvalue weighted by Crippen LogP contribution is 2.31. The molecule has 1 aliphatic carbocycles. The zero-order chi connectivity index (χ0) is 10.3. The highest BCUT2D eigenvalue weighted by Gasteiger charge is 2.39. The summed E-state index contributed by atoms with van der Waals surface area (Å²) in [6.45, 7) is 0. The van der Waals surface area contributed by atoms with E-state index < -0.39 is 0 Å². The van der Waals surface area contributed by atoms with E-state index in [1.165, 1.54) is 11.3 Å². The van der Waals surface area contributed by atoms with Crippen LogP contribution in [0.25, 0.3) is 0 Å². The van der Waals surface area contributed by atoms with E-state index in [1.54, 1.807) is 12.3 Å². The molecule has 1 saturated carbocycles. The van der Waals surface area contributed by atoms with Crippen LogP contribution in [0.5, 0.6) is 0 Å². The second-order valence-electron chi connectivity index (χ2n) is 3.75. The lowest BCUT2D eigenvalue weighted by Crippen LogP contribution is -2.26. The van der Waals surface area contributed by atoms with Gasteiger partial charge in [0.2, 0.25) is 0 Å². The van der Waals surface area contributed by atoms with Crippen LogP contribution in [0, 0.1) is 5.92 Å². The number of fused-ring (bicyclic) bond motifs is 1. The highest BCUT2D eigenvalue weighted by atomic mass is 16.2.